The Balaban J connectivity index is 1.45. The molecule has 4 aromatic rings. The Labute approximate surface area is 226 Å². The molecule has 186 valence electrons. The number of benzene rings is 3. The third-order valence-electron chi connectivity index (χ3n) is 6.66. The van der Waals surface area contributed by atoms with Crippen molar-refractivity contribution >= 4 is 52.2 Å². The molecule has 6 nitrogen and oxygen atoms in total. The Hall–Kier alpha value is -3.33. The van der Waals surface area contributed by atoms with Crippen LogP contribution in [0.2, 0.25) is 5.02 Å². The molecular formula is C28H21ClN2O4S2. The lowest BCUT2D eigenvalue weighted by Gasteiger charge is -2.31. The van der Waals surface area contributed by atoms with Crippen molar-refractivity contribution in [2.45, 2.75) is 29.7 Å². The summed E-state index contributed by atoms with van der Waals surface area (Å²) in [4.78, 5) is 44.6. The first kappa shape index (κ1) is 24.0. The summed E-state index contributed by atoms with van der Waals surface area (Å²) >= 11 is 8.75. The molecular weight excluding hydrogens is 528 g/mol. The van der Waals surface area contributed by atoms with Crippen LogP contribution in [-0.2, 0) is 16.2 Å². The molecule has 2 amide bonds. The number of ether oxygens (including phenoxy) is 1. The minimum absolute atomic E-state index is 0.230. The van der Waals surface area contributed by atoms with Crippen molar-refractivity contribution < 1.29 is 14.3 Å². The maximum Gasteiger partial charge on any atom is 0.305 e. The highest BCUT2D eigenvalue weighted by Gasteiger charge is 2.56. The minimum atomic E-state index is -0.713. The third kappa shape index (κ3) is 4.29. The molecule has 37 heavy (non-hydrogen) atoms. The molecule has 6 rings (SSSR count). The minimum Gasteiger partial charge on any atom is -0.489 e. The van der Waals surface area contributed by atoms with Gasteiger partial charge in [-0.05, 0) is 42.8 Å². The number of carbonyl (C=O) groups is 2. The van der Waals surface area contributed by atoms with Crippen LogP contribution < -0.4 is 14.5 Å². The zero-order chi connectivity index (χ0) is 25.7. The van der Waals surface area contributed by atoms with Crippen molar-refractivity contribution in [3.63, 3.8) is 0 Å². The summed E-state index contributed by atoms with van der Waals surface area (Å²) in [6.07, 6.45) is 0. The zero-order valence-electron chi connectivity index (χ0n) is 19.6. The first-order chi connectivity index (χ1) is 17.9. The number of aromatic amines is 1. The number of H-pyrrole nitrogens is 1. The molecule has 3 atom stereocenters. The molecule has 2 aliphatic rings. The van der Waals surface area contributed by atoms with Crippen LogP contribution in [0, 0.1) is 12.8 Å². The lowest BCUT2D eigenvalue weighted by molar-refractivity contribution is -0.122. The first-order valence-electron chi connectivity index (χ1n) is 11.7. The van der Waals surface area contributed by atoms with Crippen molar-refractivity contribution in [1.29, 1.82) is 0 Å². The Bertz CT molecular complexity index is 1570. The largest absolute Gasteiger partial charge is 0.489 e. The molecule has 1 saturated heterocycles. The van der Waals surface area contributed by atoms with Crippen molar-refractivity contribution in [3.8, 4) is 5.75 Å². The number of aryl methyl sites for hydroxylation is 1. The van der Waals surface area contributed by atoms with Gasteiger partial charge in [0, 0.05) is 21.4 Å². The van der Waals surface area contributed by atoms with E-state index in [9.17, 15) is 14.4 Å². The average molecular weight is 549 g/mol. The lowest BCUT2D eigenvalue weighted by atomic mass is 9.82. The lowest BCUT2D eigenvalue weighted by Crippen LogP contribution is -2.32. The molecule has 2 aliphatic heterocycles. The van der Waals surface area contributed by atoms with Crippen LogP contribution in [0.4, 0.5) is 5.69 Å². The van der Waals surface area contributed by atoms with Gasteiger partial charge in [-0.15, -0.1) is 0 Å². The van der Waals surface area contributed by atoms with Crippen molar-refractivity contribution in [3.05, 3.63) is 109 Å². The SMILES string of the molecule is Cc1ccc(N2C(=O)C3Sc4[nH]c(=O)sc4C(c4cc(Cl)ccc4OCc4ccccc4)C3C2=O)cc1. The van der Waals surface area contributed by atoms with Gasteiger partial charge in [0.25, 0.3) is 0 Å². The van der Waals surface area contributed by atoms with E-state index in [0.717, 1.165) is 27.3 Å². The Morgan fingerprint density at radius 1 is 0.973 bits per heavy atom. The van der Waals surface area contributed by atoms with E-state index in [2.05, 4.69) is 4.98 Å². The second-order valence-corrected chi connectivity index (χ2v) is 11.7. The van der Waals surface area contributed by atoms with Crippen LogP contribution in [0.1, 0.15) is 27.5 Å². The van der Waals surface area contributed by atoms with E-state index >= 15 is 0 Å². The first-order valence-corrected chi connectivity index (χ1v) is 13.8. The summed E-state index contributed by atoms with van der Waals surface area (Å²) in [6, 6.07) is 22.4. The van der Waals surface area contributed by atoms with Crippen LogP contribution in [0.5, 0.6) is 5.75 Å². The van der Waals surface area contributed by atoms with E-state index in [-0.39, 0.29) is 16.7 Å². The molecule has 3 heterocycles. The van der Waals surface area contributed by atoms with E-state index in [0.29, 0.717) is 33.7 Å². The number of nitrogens with zero attached hydrogens (tertiary/aromatic N) is 1. The number of rotatable bonds is 5. The van der Waals surface area contributed by atoms with Crippen LogP contribution in [0.15, 0.2) is 82.6 Å². The molecule has 0 saturated carbocycles. The molecule has 0 spiro atoms. The van der Waals surface area contributed by atoms with Crippen molar-refractivity contribution in [2.75, 3.05) is 4.90 Å². The standard InChI is InChI=1S/C28H21ClN2O4S2/c1-15-7-10-18(11-8-15)31-26(32)22-21(23-25(30-28(34)37-23)36-24(22)27(31)33)19-13-17(29)9-12-20(19)35-14-16-5-3-2-4-6-16/h2-13,21-22,24H,14H2,1H3,(H,30,34). The van der Waals surface area contributed by atoms with Crippen molar-refractivity contribution in [1.82, 2.24) is 4.98 Å². The van der Waals surface area contributed by atoms with Gasteiger partial charge in [-0.25, -0.2) is 4.90 Å². The van der Waals surface area contributed by atoms with Gasteiger partial charge >= 0.3 is 4.87 Å². The summed E-state index contributed by atoms with van der Waals surface area (Å²) in [6.45, 7) is 2.27. The number of carbonyl (C=O) groups excluding carboxylic acids is 2. The van der Waals surface area contributed by atoms with Crippen LogP contribution in [0.3, 0.4) is 0 Å². The number of imide groups is 1. The van der Waals surface area contributed by atoms with Gasteiger partial charge in [0.05, 0.1) is 16.6 Å². The molecule has 0 bridgehead atoms. The third-order valence-corrected chi connectivity index (χ3v) is 9.30. The second kappa shape index (κ2) is 9.52. The fraction of sp³-hybridized carbons (Fsp3) is 0.179. The van der Waals surface area contributed by atoms with E-state index in [1.165, 1.54) is 16.7 Å². The Kier molecular flexibility index (Phi) is 6.18. The van der Waals surface area contributed by atoms with Gasteiger partial charge < -0.3 is 9.72 Å². The van der Waals surface area contributed by atoms with E-state index in [1.54, 1.807) is 30.3 Å². The van der Waals surface area contributed by atoms with Gasteiger partial charge in [0.1, 0.15) is 17.6 Å². The molecule has 3 unspecified atom stereocenters. The summed E-state index contributed by atoms with van der Waals surface area (Å²) < 4.78 is 6.23. The number of amides is 2. The Morgan fingerprint density at radius 3 is 2.49 bits per heavy atom. The van der Waals surface area contributed by atoms with Gasteiger partial charge in [-0.1, -0.05) is 82.7 Å². The maximum atomic E-state index is 13.9. The summed E-state index contributed by atoms with van der Waals surface area (Å²) in [5, 5.41) is 0.410. The quantitative estimate of drug-likeness (QED) is 0.320. The van der Waals surface area contributed by atoms with Crippen LogP contribution in [0.25, 0.3) is 0 Å². The molecule has 1 N–H and O–H groups in total. The fourth-order valence-corrected chi connectivity index (χ4v) is 7.62. The molecule has 1 aromatic heterocycles. The number of fused-ring (bicyclic) bond motifs is 2. The van der Waals surface area contributed by atoms with E-state index in [4.69, 9.17) is 16.3 Å². The van der Waals surface area contributed by atoms with Crippen LogP contribution in [-0.4, -0.2) is 22.0 Å². The summed E-state index contributed by atoms with van der Waals surface area (Å²) in [7, 11) is 0. The fourth-order valence-electron chi connectivity index (χ4n) is 4.93. The predicted molar refractivity (Wildman–Crippen MR) is 146 cm³/mol. The van der Waals surface area contributed by atoms with Gasteiger partial charge in [-0.2, -0.15) is 0 Å². The molecule has 1 fully saturated rings. The zero-order valence-corrected chi connectivity index (χ0v) is 22.0. The number of thiazole rings is 1. The number of aromatic nitrogens is 1. The highest BCUT2D eigenvalue weighted by atomic mass is 35.5. The smallest absolute Gasteiger partial charge is 0.305 e. The maximum absolute atomic E-state index is 13.9. The van der Waals surface area contributed by atoms with E-state index in [1.807, 2.05) is 49.4 Å². The number of hydrogen-bond donors (Lipinski definition) is 1. The molecule has 9 heteroatoms. The molecule has 0 radical (unpaired) electrons. The molecule has 3 aromatic carbocycles. The van der Waals surface area contributed by atoms with Gasteiger partial charge in [0.2, 0.25) is 11.8 Å². The van der Waals surface area contributed by atoms with Gasteiger partial charge in [0.15, 0.2) is 0 Å². The number of halogens is 1. The topological polar surface area (TPSA) is 79.5 Å². The average Bonchev–Trinajstić information content (AvgIpc) is 3.39. The normalized spacial score (nSPS) is 20.6. The number of thioether (sulfide) groups is 1. The van der Waals surface area contributed by atoms with Crippen LogP contribution >= 0.6 is 34.7 Å². The summed E-state index contributed by atoms with van der Waals surface area (Å²) in [5.41, 5.74) is 3.25. The van der Waals surface area contributed by atoms with E-state index < -0.39 is 17.1 Å². The second-order valence-electron chi connectivity index (χ2n) is 9.05. The highest BCUT2D eigenvalue weighted by Crippen LogP contribution is 2.54. The monoisotopic (exact) mass is 548 g/mol. The highest BCUT2D eigenvalue weighted by molar-refractivity contribution is 8.00. The predicted octanol–water partition coefficient (Wildman–Crippen LogP) is 5.77. The van der Waals surface area contributed by atoms with Crippen molar-refractivity contribution in [2.24, 2.45) is 5.92 Å². The number of nitrogens with one attached hydrogen (secondary N) is 1. The molecule has 0 aliphatic carbocycles. The Morgan fingerprint density at radius 2 is 1.73 bits per heavy atom. The number of anilines is 1. The summed E-state index contributed by atoms with van der Waals surface area (Å²) in [5.74, 6) is -1.31. The number of hydrogen-bond acceptors (Lipinski definition) is 6. The van der Waals surface area contributed by atoms with Gasteiger partial charge in [-0.3, -0.25) is 14.4 Å².